The van der Waals surface area contributed by atoms with Crippen molar-refractivity contribution < 1.29 is 27.5 Å². The number of nitrogens with zero attached hydrogens (tertiary/aromatic N) is 2. The Bertz CT molecular complexity index is 891. The predicted molar refractivity (Wildman–Crippen MR) is 99.9 cm³/mol. The summed E-state index contributed by atoms with van der Waals surface area (Å²) in [6.07, 6.45) is -3.62. The molecule has 0 unspecified atom stereocenters. The number of pyridine rings is 1. The smallest absolute Gasteiger partial charge is 0.405 e. The molecule has 0 amide bonds. The van der Waals surface area contributed by atoms with Crippen LogP contribution in [0.15, 0.2) is 42.5 Å². The molecule has 1 aromatic carbocycles. The highest BCUT2D eigenvalue weighted by Gasteiger charge is 2.33. The number of hydrogen-bond acceptors (Lipinski definition) is 5. The molecule has 1 saturated heterocycles. The van der Waals surface area contributed by atoms with Gasteiger partial charge in [-0.25, -0.2) is 4.98 Å². The molecule has 1 aromatic heterocycles. The predicted octanol–water partition coefficient (Wildman–Crippen LogP) is 3.93. The Hall–Kier alpha value is -2.74. The van der Waals surface area contributed by atoms with Gasteiger partial charge >= 0.3 is 6.36 Å². The Labute approximate surface area is 166 Å². The van der Waals surface area contributed by atoms with Crippen LogP contribution in [-0.2, 0) is 6.42 Å². The van der Waals surface area contributed by atoms with Gasteiger partial charge in [0, 0.05) is 11.6 Å². The van der Waals surface area contributed by atoms with Crippen molar-refractivity contribution in [2.24, 2.45) is 5.92 Å². The van der Waals surface area contributed by atoms with Crippen LogP contribution in [0.1, 0.15) is 39.4 Å². The van der Waals surface area contributed by atoms with Gasteiger partial charge in [-0.3, -0.25) is 9.59 Å². The summed E-state index contributed by atoms with van der Waals surface area (Å²) in [5.41, 5.74) is 0.430. The summed E-state index contributed by atoms with van der Waals surface area (Å²) < 4.78 is 41.6. The summed E-state index contributed by atoms with van der Waals surface area (Å²) in [6, 6.07) is 10.0. The Morgan fingerprint density at radius 1 is 1.10 bits per heavy atom. The average Bonchev–Trinajstić information content (AvgIpc) is 2.67. The van der Waals surface area contributed by atoms with Crippen molar-refractivity contribution in [1.82, 2.24) is 9.88 Å². The fourth-order valence-electron chi connectivity index (χ4n) is 3.37. The number of benzene rings is 1. The van der Waals surface area contributed by atoms with E-state index in [9.17, 15) is 22.8 Å². The molecule has 1 aliphatic rings. The van der Waals surface area contributed by atoms with Gasteiger partial charge in [0.05, 0.1) is 12.0 Å². The number of alkyl halides is 3. The van der Waals surface area contributed by atoms with Gasteiger partial charge in [0.1, 0.15) is 11.4 Å². The van der Waals surface area contributed by atoms with Crippen LogP contribution in [0.4, 0.5) is 13.2 Å². The van der Waals surface area contributed by atoms with E-state index >= 15 is 0 Å². The lowest BCUT2D eigenvalue weighted by atomic mass is 9.91. The normalized spacial score (nSPS) is 15.9. The largest absolute Gasteiger partial charge is 0.573 e. The average molecular weight is 406 g/mol. The first-order chi connectivity index (χ1) is 13.7. The number of ether oxygens (including phenoxy) is 1. The van der Waals surface area contributed by atoms with Crippen LogP contribution in [0.5, 0.6) is 5.75 Å². The van der Waals surface area contributed by atoms with E-state index in [-0.39, 0.29) is 29.4 Å². The highest BCUT2D eigenvalue weighted by Crippen LogP contribution is 2.27. The maximum Gasteiger partial charge on any atom is 0.573 e. The topological polar surface area (TPSA) is 59.5 Å². The Morgan fingerprint density at radius 2 is 1.79 bits per heavy atom. The number of ketones is 2. The lowest BCUT2D eigenvalue weighted by Crippen LogP contribution is -2.33. The van der Waals surface area contributed by atoms with Crippen LogP contribution < -0.4 is 4.74 Å². The summed E-state index contributed by atoms with van der Waals surface area (Å²) >= 11 is 0. The summed E-state index contributed by atoms with van der Waals surface area (Å²) in [5, 5.41) is 0. The van der Waals surface area contributed by atoms with Gasteiger partial charge in [0.25, 0.3) is 0 Å². The number of piperidine rings is 1. The van der Waals surface area contributed by atoms with Gasteiger partial charge in [0.15, 0.2) is 11.6 Å². The van der Waals surface area contributed by atoms with Gasteiger partial charge in [-0.15, -0.1) is 13.2 Å². The Kier molecular flexibility index (Phi) is 6.32. The third-order valence-electron chi connectivity index (χ3n) is 4.90. The number of likely N-dealkylation sites (tertiary alicyclic amines) is 1. The molecule has 0 atom stereocenters. The van der Waals surface area contributed by atoms with E-state index in [1.807, 2.05) is 7.05 Å². The zero-order valence-corrected chi connectivity index (χ0v) is 15.9. The van der Waals surface area contributed by atoms with E-state index in [4.69, 9.17) is 0 Å². The molecule has 2 aromatic rings. The SMILES string of the molecule is CN1CCC(C(=O)c2cccc(CC(=O)c3ccccc3OC(F)(F)F)n2)CC1. The lowest BCUT2D eigenvalue weighted by molar-refractivity contribution is -0.274. The first-order valence-corrected chi connectivity index (χ1v) is 9.29. The van der Waals surface area contributed by atoms with Crippen molar-refractivity contribution in [3.05, 3.63) is 59.4 Å². The van der Waals surface area contributed by atoms with Crippen molar-refractivity contribution in [3.8, 4) is 5.75 Å². The Balaban J connectivity index is 1.74. The zero-order chi connectivity index (χ0) is 21.0. The highest BCUT2D eigenvalue weighted by molar-refractivity contribution is 6.00. The standard InChI is InChI=1S/C21H21F3N2O3/c1-26-11-9-14(10-12-26)20(28)17-7-4-5-15(25-17)13-18(27)16-6-2-3-8-19(16)29-21(22,23)24/h2-8,14H,9-13H2,1H3. The number of halogens is 3. The molecule has 3 rings (SSSR count). The third kappa shape index (κ3) is 5.63. The molecule has 29 heavy (non-hydrogen) atoms. The number of Topliss-reactive ketones (excluding diaryl/α,β-unsaturated/α-hetero) is 2. The highest BCUT2D eigenvalue weighted by atomic mass is 19.4. The summed E-state index contributed by atoms with van der Waals surface area (Å²) in [6.45, 7) is 1.68. The monoisotopic (exact) mass is 406 g/mol. The fraction of sp³-hybridized carbons (Fsp3) is 0.381. The van der Waals surface area contributed by atoms with Crippen LogP contribution in [0.25, 0.3) is 0 Å². The number of hydrogen-bond donors (Lipinski definition) is 0. The van der Waals surface area contributed by atoms with Crippen molar-refractivity contribution >= 4 is 11.6 Å². The molecular weight excluding hydrogens is 385 g/mol. The van der Waals surface area contributed by atoms with E-state index in [1.165, 1.54) is 18.2 Å². The second kappa shape index (κ2) is 8.73. The van der Waals surface area contributed by atoms with Crippen LogP contribution in [0, 0.1) is 5.92 Å². The Morgan fingerprint density at radius 3 is 2.48 bits per heavy atom. The fourth-order valence-corrected chi connectivity index (χ4v) is 3.37. The number of rotatable bonds is 6. The van der Waals surface area contributed by atoms with Crippen LogP contribution in [0.3, 0.4) is 0 Å². The van der Waals surface area contributed by atoms with E-state index in [2.05, 4.69) is 14.6 Å². The quantitative estimate of drug-likeness (QED) is 0.681. The van der Waals surface area contributed by atoms with Gasteiger partial charge in [-0.1, -0.05) is 18.2 Å². The van der Waals surface area contributed by atoms with E-state index < -0.39 is 17.9 Å². The maximum atomic E-state index is 12.7. The summed E-state index contributed by atoms with van der Waals surface area (Å²) in [4.78, 5) is 31.7. The van der Waals surface area contributed by atoms with Crippen molar-refractivity contribution in [2.45, 2.75) is 25.6 Å². The van der Waals surface area contributed by atoms with Gasteiger partial charge in [-0.05, 0) is 57.2 Å². The second-order valence-electron chi connectivity index (χ2n) is 7.10. The van der Waals surface area contributed by atoms with E-state index in [0.717, 1.165) is 32.0 Å². The van der Waals surface area contributed by atoms with Crippen LogP contribution in [0.2, 0.25) is 0 Å². The molecule has 2 heterocycles. The molecule has 0 spiro atoms. The van der Waals surface area contributed by atoms with Gasteiger partial charge in [0.2, 0.25) is 0 Å². The number of aromatic nitrogens is 1. The van der Waals surface area contributed by atoms with Crippen molar-refractivity contribution in [1.29, 1.82) is 0 Å². The zero-order valence-electron chi connectivity index (χ0n) is 15.9. The van der Waals surface area contributed by atoms with Crippen LogP contribution >= 0.6 is 0 Å². The molecule has 1 fully saturated rings. The number of para-hydroxylation sites is 1. The number of carbonyl (C=O) groups excluding carboxylic acids is 2. The molecule has 0 N–H and O–H groups in total. The molecule has 0 bridgehead atoms. The molecule has 5 nitrogen and oxygen atoms in total. The maximum absolute atomic E-state index is 12.7. The minimum absolute atomic E-state index is 0.0618. The van der Waals surface area contributed by atoms with Gasteiger partial charge < -0.3 is 9.64 Å². The van der Waals surface area contributed by atoms with E-state index in [0.29, 0.717) is 5.69 Å². The first kappa shape index (κ1) is 21.0. The van der Waals surface area contributed by atoms with Crippen molar-refractivity contribution in [3.63, 3.8) is 0 Å². The first-order valence-electron chi connectivity index (χ1n) is 9.29. The lowest BCUT2D eigenvalue weighted by Gasteiger charge is -2.27. The molecule has 0 saturated carbocycles. The third-order valence-corrected chi connectivity index (χ3v) is 4.90. The second-order valence-corrected chi connectivity index (χ2v) is 7.10. The molecule has 1 aliphatic heterocycles. The summed E-state index contributed by atoms with van der Waals surface area (Å²) in [7, 11) is 2.01. The minimum atomic E-state index is -4.89. The summed E-state index contributed by atoms with van der Waals surface area (Å²) in [5.74, 6) is -1.29. The molecule has 0 aliphatic carbocycles. The van der Waals surface area contributed by atoms with Crippen LogP contribution in [-0.4, -0.2) is 47.9 Å². The molecule has 0 radical (unpaired) electrons. The molecular formula is C21H21F3N2O3. The van der Waals surface area contributed by atoms with E-state index in [1.54, 1.807) is 18.2 Å². The van der Waals surface area contributed by atoms with Gasteiger partial charge in [-0.2, -0.15) is 0 Å². The molecule has 8 heteroatoms. The molecule has 154 valence electrons. The minimum Gasteiger partial charge on any atom is -0.405 e. The number of carbonyl (C=O) groups is 2. The van der Waals surface area contributed by atoms with Crippen molar-refractivity contribution in [2.75, 3.05) is 20.1 Å².